The molecule has 1 amide bonds. The highest BCUT2D eigenvalue weighted by molar-refractivity contribution is 5.93. The molecule has 0 unspecified atom stereocenters. The zero-order chi connectivity index (χ0) is 15.6. The molecule has 1 aromatic rings. The Labute approximate surface area is 128 Å². The first-order valence-electron chi connectivity index (χ1n) is 7.53. The van der Waals surface area contributed by atoms with Crippen LogP contribution < -0.4 is 5.32 Å². The van der Waals surface area contributed by atoms with E-state index in [9.17, 15) is 4.79 Å². The lowest BCUT2D eigenvalue weighted by Crippen LogP contribution is -2.38. The fraction of sp³-hybridized carbons (Fsp3) is 0.500. The van der Waals surface area contributed by atoms with Crippen LogP contribution in [-0.4, -0.2) is 30.9 Å². The van der Waals surface area contributed by atoms with Gasteiger partial charge in [0.05, 0.1) is 0 Å². The Hall–Kier alpha value is -1.61. The minimum absolute atomic E-state index is 0.131. The molecule has 0 bridgehead atoms. The number of benzene rings is 1. The third-order valence-electron chi connectivity index (χ3n) is 4.11. The Morgan fingerprint density at radius 1 is 1.19 bits per heavy atom. The SMILES string of the molecule is CC(C(=O)N(C)Cc1ccc(C(C)(C)C)cc1)=C1CNC1. The normalized spacial score (nSPS) is 14.6. The van der Waals surface area contributed by atoms with E-state index in [1.807, 2.05) is 14.0 Å². The summed E-state index contributed by atoms with van der Waals surface area (Å²) in [4.78, 5) is 14.1. The lowest BCUT2D eigenvalue weighted by Gasteiger charge is -2.25. The topological polar surface area (TPSA) is 32.3 Å². The molecule has 1 aromatic carbocycles. The van der Waals surface area contributed by atoms with Gasteiger partial charge in [-0.05, 0) is 29.0 Å². The number of nitrogens with one attached hydrogen (secondary N) is 1. The zero-order valence-electron chi connectivity index (χ0n) is 13.8. The van der Waals surface area contributed by atoms with Gasteiger partial charge in [0.25, 0.3) is 0 Å². The molecule has 0 aliphatic carbocycles. The summed E-state index contributed by atoms with van der Waals surface area (Å²) in [6.07, 6.45) is 0. The second kappa shape index (κ2) is 6.02. The smallest absolute Gasteiger partial charge is 0.249 e. The number of hydrogen-bond acceptors (Lipinski definition) is 2. The van der Waals surface area contributed by atoms with Gasteiger partial charge in [0.2, 0.25) is 5.91 Å². The molecule has 1 aliphatic rings. The molecule has 2 rings (SSSR count). The van der Waals surface area contributed by atoms with Gasteiger partial charge in [-0.2, -0.15) is 0 Å². The molecule has 1 N–H and O–H groups in total. The first-order chi connectivity index (χ1) is 9.79. The van der Waals surface area contributed by atoms with Gasteiger partial charge in [0.15, 0.2) is 0 Å². The number of amides is 1. The monoisotopic (exact) mass is 286 g/mol. The second-order valence-electron chi connectivity index (χ2n) is 6.94. The van der Waals surface area contributed by atoms with Gasteiger partial charge in [0, 0.05) is 32.3 Å². The highest BCUT2D eigenvalue weighted by Crippen LogP contribution is 2.22. The van der Waals surface area contributed by atoms with Crippen LogP contribution in [0.25, 0.3) is 0 Å². The van der Waals surface area contributed by atoms with Crippen molar-refractivity contribution >= 4 is 5.91 Å². The highest BCUT2D eigenvalue weighted by atomic mass is 16.2. The van der Waals surface area contributed by atoms with Crippen molar-refractivity contribution in [1.82, 2.24) is 10.2 Å². The van der Waals surface area contributed by atoms with E-state index < -0.39 is 0 Å². The predicted octanol–water partition coefficient (Wildman–Crippen LogP) is 2.86. The molecule has 0 radical (unpaired) electrons. The van der Waals surface area contributed by atoms with Crippen LogP contribution in [0.3, 0.4) is 0 Å². The van der Waals surface area contributed by atoms with E-state index in [-0.39, 0.29) is 11.3 Å². The predicted molar refractivity (Wildman–Crippen MR) is 87.2 cm³/mol. The fourth-order valence-corrected chi connectivity index (χ4v) is 2.41. The van der Waals surface area contributed by atoms with Gasteiger partial charge in [-0.15, -0.1) is 0 Å². The molecule has 0 atom stereocenters. The van der Waals surface area contributed by atoms with Crippen molar-refractivity contribution in [2.75, 3.05) is 20.1 Å². The Morgan fingerprint density at radius 2 is 1.76 bits per heavy atom. The van der Waals surface area contributed by atoms with Crippen molar-refractivity contribution in [2.24, 2.45) is 0 Å². The number of rotatable bonds is 3. The number of carbonyl (C=O) groups excluding carboxylic acids is 1. The van der Waals surface area contributed by atoms with Gasteiger partial charge in [-0.3, -0.25) is 4.79 Å². The average Bonchev–Trinajstić information content (AvgIpc) is 2.35. The van der Waals surface area contributed by atoms with Gasteiger partial charge in [0.1, 0.15) is 0 Å². The van der Waals surface area contributed by atoms with Crippen molar-refractivity contribution < 1.29 is 4.79 Å². The molecule has 3 heteroatoms. The lowest BCUT2D eigenvalue weighted by atomic mass is 9.87. The standard InChI is InChI=1S/C18H26N2O/c1-13(15-10-19-11-15)17(21)20(5)12-14-6-8-16(9-7-14)18(2,3)4/h6-9,19H,10-12H2,1-5H3. The van der Waals surface area contributed by atoms with Crippen molar-refractivity contribution in [3.05, 3.63) is 46.5 Å². The molecule has 1 fully saturated rings. The minimum atomic E-state index is 0.131. The molecule has 0 spiro atoms. The molecular formula is C18H26N2O. The van der Waals surface area contributed by atoms with Crippen LogP contribution in [0, 0.1) is 0 Å². The van der Waals surface area contributed by atoms with Crippen LogP contribution in [0.1, 0.15) is 38.8 Å². The maximum atomic E-state index is 12.3. The molecule has 0 aromatic heterocycles. The molecule has 21 heavy (non-hydrogen) atoms. The van der Waals surface area contributed by atoms with Gasteiger partial charge >= 0.3 is 0 Å². The van der Waals surface area contributed by atoms with Crippen LogP contribution in [-0.2, 0) is 16.8 Å². The van der Waals surface area contributed by atoms with Crippen LogP contribution in [0.15, 0.2) is 35.4 Å². The fourth-order valence-electron chi connectivity index (χ4n) is 2.41. The summed E-state index contributed by atoms with van der Waals surface area (Å²) in [5, 5.41) is 3.18. The minimum Gasteiger partial charge on any atom is -0.338 e. The van der Waals surface area contributed by atoms with E-state index >= 15 is 0 Å². The Kier molecular flexibility index (Phi) is 4.52. The van der Waals surface area contributed by atoms with Crippen molar-refractivity contribution in [3.63, 3.8) is 0 Å². The summed E-state index contributed by atoms with van der Waals surface area (Å²) in [7, 11) is 1.87. The summed E-state index contributed by atoms with van der Waals surface area (Å²) in [6.45, 7) is 10.9. The number of likely N-dealkylation sites (N-methyl/N-ethyl adjacent to an activating group) is 1. The summed E-state index contributed by atoms with van der Waals surface area (Å²) in [5.74, 6) is 0.131. The first kappa shape index (κ1) is 15.8. The van der Waals surface area contributed by atoms with E-state index in [1.54, 1.807) is 4.90 Å². The van der Waals surface area contributed by atoms with E-state index in [4.69, 9.17) is 0 Å². The molecular weight excluding hydrogens is 260 g/mol. The Bertz CT molecular complexity index is 544. The van der Waals surface area contributed by atoms with Crippen LogP contribution in [0.5, 0.6) is 0 Å². The summed E-state index contributed by atoms with van der Waals surface area (Å²) in [5.41, 5.74) is 4.78. The second-order valence-corrected chi connectivity index (χ2v) is 6.94. The summed E-state index contributed by atoms with van der Waals surface area (Å²) < 4.78 is 0. The van der Waals surface area contributed by atoms with Gasteiger partial charge in [-0.1, -0.05) is 45.0 Å². The maximum Gasteiger partial charge on any atom is 0.249 e. The van der Waals surface area contributed by atoms with Gasteiger partial charge in [-0.25, -0.2) is 0 Å². The lowest BCUT2D eigenvalue weighted by molar-refractivity contribution is -0.126. The molecule has 1 saturated heterocycles. The molecule has 114 valence electrons. The molecule has 3 nitrogen and oxygen atoms in total. The zero-order valence-corrected chi connectivity index (χ0v) is 13.8. The number of carbonyl (C=O) groups is 1. The van der Waals surface area contributed by atoms with E-state index in [2.05, 4.69) is 50.4 Å². The van der Waals surface area contributed by atoms with Crippen molar-refractivity contribution in [2.45, 2.75) is 39.7 Å². The van der Waals surface area contributed by atoms with Crippen molar-refractivity contribution in [3.8, 4) is 0 Å². The van der Waals surface area contributed by atoms with Gasteiger partial charge < -0.3 is 10.2 Å². The Morgan fingerprint density at radius 3 is 2.19 bits per heavy atom. The van der Waals surface area contributed by atoms with E-state index in [1.165, 1.54) is 16.7 Å². The van der Waals surface area contributed by atoms with Crippen LogP contribution >= 0.6 is 0 Å². The summed E-state index contributed by atoms with van der Waals surface area (Å²) >= 11 is 0. The van der Waals surface area contributed by atoms with Crippen molar-refractivity contribution in [1.29, 1.82) is 0 Å². The highest BCUT2D eigenvalue weighted by Gasteiger charge is 2.19. The molecule has 1 heterocycles. The number of hydrogen-bond donors (Lipinski definition) is 1. The van der Waals surface area contributed by atoms with Crippen LogP contribution in [0.4, 0.5) is 0 Å². The first-order valence-corrected chi connectivity index (χ1v) is 7.53. The largest absolute Gasteiger partial charge is 0.338 e. The Balaban J connectivity index is 2.02. The molecule has 1 aliphatic heterocycles. The third-order valence-corrected chi connectivity index (χ3v) is 4.11. The van der Waals surface area contributed by atoms with E-state index in [0.717, 1.165) is 18.7 Å². The van der Waals surface area contributed by atoms with E-state index in [0.29, 0.717) is 6.54 Å². The quantitative estimate of drug-likeness (QED) is 0.867. The third kappa shape index (κ3) is 3.73. The van der Waals surface area contributed by atoms with Crippen LogP contribution in [0.2, 0.25) is 0 Å². The number of nitrogens with zero attached hydrogens (tertiary/aromatic N) is 1. The molecule has 0 saturated carbocycles. The maximum absolute atomic E-state index is 12.3. The average molecular weight is 286 g/mol. The summed E-state index contributed by atoms with van der Waals surface area (Å²) in [6, 6.07) is 8.57.